The van der Waals surface area contributed by atoms with Gasteiger partial charge in [0.05, 0.1) is 19.3 Å². The lowest BCUT2D eigenvalue weighted by molar-refractivity contribution is 0.0950. The predicted molar refractivity (Wildman–Crippen MR) is 124 cm³/mol. The summed E-state index contributed by atoms with van der Waals surface area (Å²) in [5, 5.41) is 2.80. The van der Waals surface area contributed by atoms with Gasteiger partial charge in [-0.25, -0.2) is 13.4 Å². The second-order valence-corrected chi connectivity index (χ2v) is 9.51. The Labute approximate surface area is 192 Å². The Bertz CT molecular complexity index is 1350. The van der Waals surface area contributed by atoms with E-state index < -0.39 is 15.9 Å². The van der Waals surface area contributed by atoms with E-state index in [1.165, 1.54) is 36.7 Å². The molecule has 2 heterocycles. The quantitative estimate of drug-likeness (QED) is 0.433. The second-order valence-electron chi connectivity index (χ2n) is 7.49. The lowest BCUT2D eigenvalue weighted by Crippen LogP contribution is -2.28. The van der Waals surface area contributed by atoms with Crippen LogP contribution in [0.25, 0.3) is 5.65 Å². The van der Waals surface area contributed by atoms with E-state index in [1.807, 2.05) is 65.3 Å². The fraction of sp³-hybridized carbons (Fsp3) is 0.167. The van der Waals surface area contributed by atoms with Crippen molar-refractivity contribution in [1.82, 2.24) is 19.0 Å². The number of sulfonamides is 1. The van der Waals surface area contributed by atoms with Crippen molar-refractivity contribution in [2.75, 3.05) is 14.2 Å². The van der Waals surface area contributed by atoms with Crippen LogP contribution in [-0.2, 0) is 23.1 Å². The van der Waals surface area contributed by atoms with Gasteiger partial charge in [0, 0.05) is 31.5 Å². The van der Waals surface area contributed by atoms with Crippen LogP contribution in [0.1, 0.15) is 21.6 Å². The van der Waals surface area contributed by atoms with Crippen LogP contribution in [0.5, 0.6) is 5.75 Å². The molecule has 0 radical (unpaired) electrons. The van der Waals surface area contributed by atoms with Crippen molar-refractivity contribution >= 4 is 21.6 Å². The van der Waals surface area contributed by atoms with Gasteiger partial charge in [-0.1, -0.05) is 36.4 Å². The minimum absolute atomic E-state index is 0.0659. The van der Waals surface area contributed by atoms with Gasteiger partial charge in [-0.3, -0.25) is 4.79 Å². The van der Waals surface area contributed by atoms with Crippen LogP contribution in [0.2, 0.25) is 0 Å². The molecule has 0 aliphatic rings. The molecule has 4 aromatic rings. The number of amides is 1. The van der Waals surface area contributed by atoms with Gasteiger partial charge in [0.15, 0.2) is 0 Å². The third-order valence-electron chi connectivity index (χ3n) is 5.21. The number of hydrogen-bond donors (Lipinski definition) is 1. The van der Waals surface area contributed by atoms with Crippen LogP contribution in [-0.4, -0.2) is 42.2 Å². The molecule has 9 heteroatoms. The van der Waals surface area contributed by atoms with E-state index in [1.54, 1.807) is 0 Å². The van der Waals surface area contributed by atoms with E-state index >= 15 is 0 Å². The molecule has 0 saturated heterocycles. The number of methoxy groups -OCH3 is 1. The van der Waals surface area contributed by atoms with Gasteiger partial charge in [0.25, 0.3) is 5.91 Å². The molecule has 0 spiro atoms. The SMILES string of the molecule is COc1ccc(C(=O)NCc2cn3ccccc3n2)cc1S(=O)(=O)N(C)Cc1ccccc1. The number of hydrogen-bond acceptors (Lipinski definition) is 5. The number of benzene rings is 2. The fourth-order valence-electron chi connectivity index (χ4n) is 3.46. The van der Waals surface area contributed by atoms with Crippen molar-refractivity contribution in [1.29, 1.82) is 0 Å². The third kappa shape index (κ3) is 4.89. The first-order valence-corrected chi connectivity index (χ1v) is 11.7. The molecule has 2 aromatic carbocycles. The first-order valence-electron chi connectivity index (χ1n) is 10.3. The van der Waals surface area contributed by atoms with Crippen LogP contribution in [0.4, 0.5) is 0 Å². The summed E-state index contributed by atoms with van der Waals surface area (Å²) in [6, 6.07) is 19.3. The number of ether oxygens (including phenoxy) is 1. The number of aromatic nitrogens is 2. The highest BCUT2D eigenvalue weighted by molar-refractivity contribution is 7.89. The summed E-state index contributed by atoms with van der Waals surface area (Å²) in [7, 11) is -1.01. The van der Waals surface area contributed by atoms with Gasteiger partial charge in [0.1, 0.15) is 16.3 Å². The van der Waals surface area contributed by atoms with Crippen LogP contribution >= 0.6 is 0 Å². The zero-order chi connectivity index (χ0) is 23.4. The normalized spacial score (nSPS) is 11.6. The molecule has 0 atom stereocenters. The highest BCUT2D eigenvalue weighted by Gasteiger charge is 2.26. The van der Waals surface area contributed by atoms with E-state index in [0.717, 1.165) is 11.2 Å². The fourth-order valence-corrected chi connectivity index (χ4v) is 4.79. The molecule has 8 nitrogen and oxygen atoms in total. The van der Waals surface area contributed by atoms with Crippen LogP contribution in [0.15, 0.2) is 84.0 Å². The van der Waals surface area contributed by atoms with Gasteiger partial charge in [0.2, 0.25) is 10.0 Å². The smallest absolute Gasteiger partial charge is 0.251 e. The average molecular weight is 465 g/mol. The molecular formula is C24H24N4O4S. The molecule has 33 heavy (non-hydrogen) atoms. The summed E-state index contributed by atoms with van der Waals surface area (Å²) >= 11 is 0. The predicted octanol–water partition coefficient (Wildman–Crippen LogP) is 3.09. The number of imidazole rings is 1. The maximum absolute atomic E-state index is 13.3. The molecule has 0 saturated carbocycles. The van der Waals surface area contributed by atoms with E-state index in [0.29, 0.717) is 5.69 Å². The van der Waals surface area contributed by atoms with Crippen LogP contribution in [0.3, 0.4) is 0 Å². The number of rotatable bonds is 8. The van der Waals surface area contributed by atoms with Crippen molar-refractivity contribution in [2.24, 2.45) is 0 Å². The molecule has 0 fully saturated rings. The number of fused-ring (bicyclic) bond motifs is 1. The lowest BCUT2D eigenvalue weighted by atomic mass is 10.2. The minimum atomic E-state index is -3.91. The Hall–Kier alpha value is -3.69. The molecule has 2 aromatic heterocycles. The Morgan fingerprint density at radius 3 is 2.58 bits per heavy atom. The maximum atomic E-state index is 13.3. The van der Waals surface area contributed by atoms with E-state index in [-0.39, 0.29) is 29.3 Å². The summed E-state index contributed by atoms with van der Waals surface area (Å²) in [6.45, 7) is 0.402. The molecule has 1 amide bonds. The van der Waals surface area contributed by atoms with Crippen molar-refractivity contribution in [2.45, 2.75) is 18.0 Å². The molecule has 0 bridgehead atoms. The van der Waals surface area contributed by atoms with Crippen LogP contribution in [0, 0.1) is 0 Å². The van der Waals surface area contributed by atoms with Crippen molar-refractivity contribution in [3.05, 3.63) is 95.9 Å². The molecule has 4 rings (SSSR count). The molecule has 0 unspecified atom stereocenters. The molecular weight excluding hydrogens is 440 g/mol. The Balaban J connectivity index is 1.54. The largest absolute Gasteiger partial charge is 0.495 e. The second kappa shape index (κ2) is 9.43. The number of pyridine rings is 1. The van der Waals surface area contributed by atoms with Crippen molar-refractivity contribution in [3.8, 4) is 5.75 Å². The first-order chi connectivity index (χ1) is 15.9. The molecule has 0 aliphatic heterocycles. The van der Waals surface area contributed by atoms with Gasteiger partial charge < -0.3 is 14.5 Å². The van der Waals surface area contributed by atoms with Crippen molar-refractivity contribution in [3.63, 3.8) is 0 Å². The number of nitrogens with zero attached hydrogens (tertiary/aromatic N) is 3. The zero-order valence-electron chi connectivity index (χ0n) is 18.3. The first kappa shape index (κ1) is 22.5. The number of carbonyl (C=O) groups excluding carboxylic acids is 1. The molecule has 1 N–H and O–H groups in total. The molecule has 170 valence electrons. The molecule has 0 aliphatic carbocycles. The van der Waals surface area contributed by atoms with E-state index in [9.17, 15) is 13.2 Å². The maximum Gasteiger partial charge on any atom is 0.251 e. The standard InChI is InChI=1S/C24H24N4O4S/c1-27(16-18-8-4-3-5-9-18)33(30,31)22-14-19(11-12-21(22)32-2)24(29)25-15-20-17-28-13-7-6-10-23(28)26-20/h3-14,17H,15-16H2,1-2H3,(H,25,29). The van der Waals surface area contributed by atoms with Gasteiger partial charge in [-0.15, -0.1) is 0 Å². The summed E-state index contributed by atoms with van der Waals surface area (Å²) in [6.07, 6.45) is 3.71. The highest BCUT2D eigenvalue weighted by atomic mass is 32.2. The van der Waals surface area contributed by atoms with Gasteiger partial charge in [-0.2, -0.15) is 4.31 Å². The highest BCUT2D eigenvalue weighted by Crippen LogP contribution is 2.28. The van der Waals surface area contributed by atoms with Crippen molar-refractivity contribution < 1.29 is 17.9 Å². The van der Waals surface area contributed by atoms with E-state index in [4.69, 9.17) is 4.74 Å². The monoisotopic (exact) mass is 464 g/mol. The topological polar surface area (TPSA) is 93.0 Å². The van der Waals surface area contributed by atoms with Crippen LogP contribution < -0.4 is 10.1 Å². The average Bonchev–Trinajstić information content (AvgIpc) is 3.25. The summed E-state index contributed by atoms with van der Waals surface area (Å²) in [4.78, 5) is 17.2. The summed E-state index contributed by atoms with van der Waals surface area (Å²) in [5.41, 5.74) is 2.54. The zero-order valence-corrected chi connectivity index (χ0v) is 19.1. The Morgan fingerprint density at radius 1 is 1.09 bits per heavy atom. The summed E-state index contributed by atoms with van der Waals surface area (Å²) in [5.74, 6) is -0.233. The lowest BCUT2D eigenvalue weighted by Gasteiger charge is -2.19. The third-order valence-corrected chi connectivity index (χ3v) is 7.03. The van der Waals surface area contributed by atoms with Gasteiger partial charge >= 0.3 is 0 Å². The van der Waals surface area contributed by atoms with E-state index in [2.05, 4.69) is 10.3 Å². The Morgan fingerprint density at radius 2 is 1.85 bits per heavy atom. The van der Waals surface area contributed by atoms with Gasteiger partial charge in [-0.05, 0) is 35.9 Å². The minimum Gasteiger partial charge on any atom is -0.495 e. The number of carbonyl (C=O) groups is 1. The Kier molecular flexibility index (Phi) is 6.43. The number of nitrogens with one attached hydrogen (secondary N) is 1. The summed E-state index contributed by atoms with van der Waals surface area (Å²) < 4.78 is 34.9.